The fraction of sp³-hybridized carbons (Fsp3) is 0.286. The number of hydrogen-bond acceptors (Lipinski definition) is 4. The lowest BCUT2D eigenvalue weighted by atomic mass is 9.90. The van der Waals surface area contributed by atoms with Gasteiger partial charge in [0.1, 0.15) is 5.41 Å². The van der Waals surface area contributed by atoms with Gasteiger partial charge in [-0.2, -0.15) is 0 Å². The number of hydrogen-bond donors (Lipinski definition) is 2. The normalized spacial score (nSPS) is 10.8. The van der Waals surface area contributed by atoms with E-state index in [2.05, 4.69) is 15.4 Å². The van der Waals surface area contributed by atoms with Crippen LogP contribution in [-0.2, 0) is 20.7 Å². The number of methoxy groups -OCH3 is 1. The SMILES string of the molecule is CCc1ccccc1NC(=O)C(C)(C)C(=O)Nc1ccc(C(=O)OC)cc1. The van der Waals surface area contributed by atoms with Gasteiger partial charge >= 0.3 is 5.97 Å². The van der Waals surface area contributed by atoms with Crippen LogP contribution in [0.15, 0.2) is 48.5 Å². The van der Waals surface area contributed by atoms with E-state index in [0.717, 1.165) is 12.0 Å². The van der Waals surface area contributed by atoms with Crippen molar-refractivity contribution >= 4 is 29.2 Å². The quantitative estimate of drug-likeness (QED) is 0.602. The van der Waals surface area contributed by atoms with Gasteiger partial charge in [0.15, 0.2) is 0 Å². The average molecular weight is 368 g/mol. The van der Waals surface area contributed by atoms with Gasteiger partial charge in [0, 0.05) is 11.4 Å². The Balaban J connectivity index is 2.09. The zero-order valence-electron chi connectivity index (χ0n) is 16.0. The maximum atomic E-state index is 12.7. The molecule has 0 aliphatic carbocycles. The van der Waals surface area contributed by atoms with Crippen LogP contribution in [-0.4, -0.2) is 24.9 Å². The Kier molecular flexibility index (Phi) is 6.34. The van der Waals surface area contributed by atoms with Crippen molar-refractivity contribution in [2.45, 2.75) is 27.2 Å². The van der Waals surface area contributed by atoms with Crippen LogP contribution in [0.1, 0.15) is 36.7 Å². The molecule has 0 aromatic heterocycles. The summed E-state index contributed by atoms with van der Waals surface area (Å²) in [4.78, 5) is 36.8. The van der Waals surface area contributed by atoms with E-state index in [0.29, 0.717) is 16.9 Å². The first kappa shape index (κ1) is 20.2. The molecule has 6 heteroatoms. The predicted octanol–water partition coefficient (Wildman–Crippen LogP) is 3.64. The van der Waals surface area contributed by atoms with Crippen molar-refractivity contribution in [3.8, 4) is 0 Å². The Morgan fingerprint density at radius 2 is 1.52 bits per heavy atom. The van der Waals surface area contributed by atoms with Gasteiger partial charge in [-0.3, -0.25) is 9.59 Å². The number of rotatable bonds is 6. The smallest absolute Gasteiger partial charge is 0.337 e. The molecule has 2 amide bonds. The number of nitrogens with one attached hydrogen (secondary N) is 2. The van der Waals surface area contributed by atoms with Crippen molar-refractivity contribution in [3.63, 3.8) is 0 Å². The molecule has 0 spiro atoms. The third-order valence-electron chi connectivity index (χ3n) is 4.35. The number of para-hydroxylation sites is 1. The molecule has 0 bridgehead atoms. The molecule has 6 nitrogen and oxygen atoms in total. The van der Waals surface area contributed by atoms with Crippen molar-refractivity contribution in [2.75, 3.05) is 17.7 Å². The summed E-state index contributed by atoms with van der Waals surface area (Å²) >= 11 is 0. The van der Waals surface area contributed by atoms with Gasteiger partial charge in [0.2, 0.25) is 11.8 Å². The molecule has 0 radical (unpaired) electrons. The largest absolute Gasteiger partial charge is 0.465 e. The summed E-state index contributed by atoms with van der Waals surface area (Å²) in [5.41, 5.74) is 1.28. The van der Waals surface area contributed by atoms with Crippen molar-refractivity contribution in [2.24, 2.45) is 5.41 Å². The Labute approximate surface area is 158 Å². The van der Waals surface area contributed by atoms with Gasteiger partial charge < -0.3 is 15.4 Å². The first-order chi connectivity index (χ1) is 12.8. The third-order valence-corrected chi connectivity index (χ3v) is 4.35. The monoisotopic (exact) mass is 368 g/mol. The van der Waals surface area contributed by atoms with Crippen LogP contribution in [0.3, 0.4) is 0 Å². The van der Waals surface area contributed by atoms with Gasteiger partial charge in [-0.05, 0) is 56.2 Å². The van der Waals surface area contributed by atoms with Gasteiger partial charge in [-0.1, -0.05) is 25.1 Å². The van der Waals surface area contributed by atoms with E-state index >= 15 is 0 Å². The minimum Gasteiger partial charge on any atom is -0.465 e. The van der Waals surface area contributed by atoms with E-state index in [1.54, 1.807) is 38.1 Å². The lowest BCUT2D eigenvalue weighted by Gasteiger charge is -2.23. The highest BCUT2D eigenvalue weighted by Crippen LogP contribution is 2.23. The van der Waals surface area contributed by atoms with Crippen LogP contribution in [0.25, 0.3) is 0 Å². The highest BCUT2D eigenvalue weighted by molar-refractivity contribution is 6.14. The molecule has 2 N–H and O–H groups in total. The zero-order chi connectivity index (χ0) is 20.0. The van der Waals surface area contributed by atoms with Gasteiger partial charge in [0.25, 0.3) is 0 Å². The fourth-order valence-corrected chi connectivity index (χ4v) is 2.43. The van der Waals surface area contributed by atoms with Gasteiger partial charge in [-0.15, -0.1) is 0 Å². The van der Waals surface area contributed by atoms with Crippen LogP contribution < -0.4 is 10.6 Å². The van der Waals surface area contributed by atoms with E-state index in [9.17, 15) is 14.4 Å². The van der Waals surface area contributed by atoms with Crippen molar-refractivity contribution in [1.29, 1.82) is 0 Å². The Bertz CT molecular complexity index is 842. The number of anilines is 2. The molecule has 27 heavy (non-hydrogen) atoms. The second-order valence-electron chi connectivity index (χ2n) is 6.61. The number of benzene rings is 2. The number of ether oxygens (including phenoxy) is 1. The molecule has 0 heterocycles. The number of aryl methyl sites for hydroxylation is 1. The molecule has 0 atom stereocenters. The second kappa shape index (κ2) is 8.49. The lowest BCUT2D eigenvalue weighted by Crippen LogP contribution is -2.41. The van der Waals surface area contributed by atoms with Crippen LogP contribution in [0.5, 0.6) is 0 Å². The van der Waals surface area contributed by atoms with E-state index in [1.165, 1.54) is 7.11 Å². The maximum absolute atomic E-state index is 12.7. The molecular weight excluding hydrogens is 344 g/mol. The molecule has 0 unspecified atom stereocenters. The molecule has 0 saturated heterocycles. The van der Waals surface area contributed by atoms with Gasteiger partial charge in [0.05, 0.1) is 12.7 Å². The first-order valence-corrected chi connectivity index (χ1v) is 8.68. The summed E-state index contributed by atoms with van der Waals surface area (Å²) in [5, 5.41) is 5.55. The summed E-state index contributed by atoms with van der Waals surface area (Å²) in [6, 6.07) is 13.8. The topological polar surface area (TPSA) is 84.5 Å². The van der Waals surface area contributed by atoms with Crippen LogP contribution in [0.2, 0.25) is 0 Å². The fourth-order valence-electron chi connectivity index (χ4n) is 2.43. The molecular formula is C21H24N2O4. The number of carbonyl (C=O) groups excluding carboxylic acids is 3. The number of esters is 1. The highest BCUT2D eigenvalue weighted by Gasteiger charge is 2.36. The Morgan fingerprint density at radius 1 is 0.926 bits per heavy atom. The summed E-state index contributed by atoms with van der Waals surface area (Å²) in [6.45, 7) is 5.13. The third kappa shape index (κ3) is 4.73. The highest BCUT2D eigenvalue weighted by atomic mass is 16.5. The molecule has 142 valence electrons. The van der Waals surface area contributed by atoms with E-state index in [-0.39, 0.29) is 0 Å². The zero-order valence-corrected chi connectivity index (χ0v) is 16.0. The second-order valence-corrected chi connectivity index (χ2v) is 6.61. The molecule has 2 aromatic rings. The Morgan fingerprint density at radius 3 is 2.11 bits per heavy atom. The average Bonchev–Trinajstić information content (AvgIpc) is 2.68. The summed E-state index contributed by atoms with van der Waals surface area (Å²) in [6.07, 6.45) is 0.773. The van der Waals surface area contributed by atoms with E-state index in [4.69, 9.17) is 0 Å². The first-order valence-electron chi connectivity index (χ1n) is 8.68. The van der Waals surface area contributed by atoms with E-state index in [1.807, 2.05) is 31.2 Å². The summed E-state index contributed by atoms with van der Waals surface area (Å²) in [5.74, 6) is -1.30. The van der Waals surface area contributed by atoms with Crippen LogP contribution in [0, 0.1) is 5.41 Å². The summed E-state index contributed by atoms with van der Waals surface area (Å²) in [7, 11) is 1.30. The molecule has 0 fully saturated rings. The van der Waals surface area contributed by atoms with Crippen LogP contribution >= 0.6 is 0 Å². The molecule has 0 aliphatic heterocycles. The minimum absolute atomic E-state index is 0.378. The van der Waals surface area contributed by atoms with Crippen molar-refractivity contribution < 1.29 is 19.1 Å². The number of carbonyl (C=O) groups is 3. The maximum Gasteiger partial charge on any atom is 0.337 e. The van der Waals surface area contributed by atoms with Crippen molar-refractivity contribution in [3.05, 3.63) is 59.7 Å². The van der Waals surface area contributed by atoms with E-state index < -0.39 is 23.2 Å². The standard InChI is InChI=1S/C21H24N2O4/c1-5-14-8-6-7-9-17(14)23-20(26)21(2,3)19(25)22-16-12-10-15(11-13-16)18(24)27-4/h6-13H,5H2,1-4H3,(H,22,25)(H,23,26). The molecule has 2 aromatic carbocycles. The molecule has 0 saturated carbocycles. The summed E-state index contributed by atoms with van der Waals surface area (Å²) < 4.78 is 4.64. The lowest BCUT2D eigenvalue weighted by molar-refractivity contribution is -0.135. The Hall–Kier alpha value is -3.15. The molecule has 2 rings (SSSR count). The minimum atomic E-state index is -1.29. The van der Waals surface area contributed by atoms with Crippen molar-refractivity contribution in [1.82, 2.24) is 0 Å². The predicted molar refractivity (Wildman–Crippen MR) is 105 cm³/mol. The number of amides is 2. The van der Waals surface area contributed by atoms with Gasteiger partial charge in [-0.25, -0.2) is 4.79 Å². The molecule has 0 aliphatic rings. The van der Waals surface area contributed by atoms with Crippen LogP contribution in [0.4, 0.5) is 11.4 Å².